The van der Waals surface area contributed by atoms with Crippen LogP contribution in [0.2, 0.25) is 0 Å². The van der Waals surface area contributed by atoms with Crippen molar-refractivity contribution in [3.05, 3.63) is 54.0 Å². The second-order valence-electron chi connectivity index (χ2n) is 8.54. The molecule has 1 saturated heterocycles. The highest BCUT2D eigenvalue weighted by molar-refractivity contribution is 5.80. The van der Waals surface area contributed by atoms with Gasteiger partial charge in [-0.3, -0.25) is 4.99 Å². The molecule has 2 N–H and O–H groups in total. The van der Waals surface area contributed by atoms with Crippen molar-refractivity contribution in [3.8, 4) is 11.6 Å². The summed E-state index contributed by atoms with van der Waals surface area (Å²) >= 11 is 0. The number of carbonyl (C=O) groups excluding carboxylic acids is 1. The minimum absolute atomic E-state index is 0.00400. The Bertz CT molecular complexity index is 943. The largest absolute Gasteiger partial charge is 0.444 e. The monoisotopic (exact) mass is 443 g/mol. The van der Waals surface area contributed by atoms with E-state index in [0.29, 0.717) is 24.7 Å². The third-order valence-corrected chi connectivity index (χ3v) is 4.69. The molecule has 0 aliphatic carbocycles. The average molecular weight is 444 g/mol. The van der Waals surface area contributed by atoms with Crippen LogP contribution in [0.25, 0.3) is 0 Å². The summed E-state index contributed by atoms with van der Waals surface area (Å²) in [4.78, 5) is 22.7. The molecule has 8 nitrogen and oxygen atoms in total. The van der Waals surface area contributed by atoms with Gasteiger partial charge in [0.05, 0.1) is 6.04 Å². The van der Waals surface area contributed by atoms with E-state index in [-0.39, 0.29) is 11.9 Å². The Morgan fingerprint density at radius 1 is 1.31 bits per heavy atom. The molecule has 1 atom stereocenters. The Labute approximate surface area is 187 Å². The van der Waals surface area contributed by atoms with Gasteiger partial charge in [0.1, 0.15) is 17.2 Å². The Morgan fingerprint density at radius 3 is 2.78 bits per heavy atom. The highest BCUT2D eigenvalue weighted by atomic mass is 19.1. The third kappa shape index (κ3) is 7.11. The van der Waals surface area contributed by atoms with Gasteiger partial charge in [-0.2, -0.15) is 0 Å². The van der Waals surface area contributed by atoms with E-state index in [4.69, 9.17) is 9.47 Å². The van der Waals surface area contributed by atoms with Crippen molar-refractivity contribution < 1.29 is 18.7 Å². The van der Waals surface area contributed by atoms with Crippen LogP contribution in [-0.2, 0) is 11.3 Å². The van der Waals surface area contributed by atoms with Crippen molar-refractivity contribution in [2.24, 2.45) is 4.99 Å². The highest BCUT2D eigenvalue weighted by Gasteiger charge is 2.27. The number of benzene rings is 1. The van der Waals surface area contributed by atoms with E-state index in [9.17, 15) is 9.18 Å². The lowest BCUT2D eigenvalue weighted by Gasteiger charge is -2.23. The number of alkyl carbamates (subject to hydrolysis) is 1. The van der Waals surface area contributed by atoms with Gasteiger partial charge in [-0.25, -0.2) is 14.2 Å². The third-order valence-electron chi connectivity index (χ3n) is 4.69. The van der Waals surface area contributed by atoms with Crippen LogP contribution in [0.5, 0.6) is 11.6 Å². The van der Waals surface area contributed by atoms with E-state index in [2.05, 4.69) is 25.5 Å². The molecule has 2 heterocycles. The van der Waals surface area contributed by atoms with Gasteiger partial charge in [-0.1, -0.05) is 12.1 Å². The molecule has 0 spiro atoms. The number of amides is 1. The molecule has 1 aliphatic heterocycles. The topological polar surface area (TPSA) is 88.1 Å². The summed E-state index contributed by atoms with van der Waals surface area (Å²) in [7, 11) is 1.73. The summed E-state index contributed by atoms with van der Waals surface area (Å²) in [5, 5.41) is 6.23. The van der Waals surface area contributed by atoms with Crippen molar-refractivity contribution >= 4 is 12.1 Å². The molecule has 0 radical (unpaired) electrons. The Balaban J connectivity index is 1.47. The van der Waals surface area contributed by atoms with Gasteiger partial charge in [-0.15, -0.1) is 0 Å². The van der Waals surface area contributed by atoms with E-state index >= 15 is 0 Å². The second-order valence-corrected chi connectivity index (χ2v) is 8.54. The van der Waals surface area contributed by atoms with Crippen molar-refractivity contribution in [2.45, 2.75) is 45.4 Å². The molecule has 1 amide bonds. The molecule has 3 rings (SSSR count). The lowest BCUT2D eigenvalue weighted by atomic mass is 10.2. The molecule has 1 unspecified atom stereocenters. The van der Waals surface area contributed by atoms with Gasteiger partial charge in [0.25, 0.3) is 0 Å². The van der Waals surface area contributed by atoms with Crippen LogP contribution in [0.4, 0.5) is 9.18 Å². The molecule has 1 aliphatic rings. The Kier molecular flexibility index (Phi) is 7.50. The quantitative estimate of drug-likeness (QED) is 0.541. The van der Waals surface area contributed by atoms with Crippen LogP contribution in [0.15, 0.2) is 47.6 Å². The van der Waals surface area contributed by atoms with Crippen molar-refractivity contribution in [1.82, 2.24) is 20.5 Å². The predicted molar refractivity (Wildman–Crippen MR) is 120 cm³/mol. The number of carbonyl (C=O) groups is 1. The van der Waals surface area contributed by atoms with Gasteiger partial charge >= 0.3 is 6.09 Å². The number of hydrogen-bond donors (Lipinski definition) is 2. The predicted octanol–water partition coefficient (Wildman–Crippen LogP) is 3.69. The maximum atomic E-state index is 13.3. The molecule has 1 fully saturated rings. The molecule has 2 aromatic rings. The minimum Gasteiger partial charge on any atom is -0.444 e. The molecule has 0 bridgehead atoms. The number of guanidine groups is 1. The van der Waals surface area contributed by atoms with Gasteiger partial charge < -0.3 is 25.0 Å². The van der Waals surface area contributed by atoms with Crippen molar-refractivity contribution in [2.75, 3.05) is 20.1 Å². The van der Waals surface area contributed by atoms with Gasteiger partial charge in [-0.05, 0) is 44.9 Å². The van der Waals surface area contributed by atoms with Gasteiger partial charge in [0, 0.05) is 45.0 Å². The fourth-order valence-corrected chi connectivity index (χ4v) is 3.29. The number of likely N-dealkylation sites (tertiary alicyclic amines) is 1. The molecule has 32 heavy (non-hydrogen) atoms. The zero-order valence-electron chi connectivity index (χ0n) is 18.9. The summed E-state index contributed by atoms with van der Waals surface area (Å²) in [5.41, 5.74) is 0.423. The van der Waals surface area contributed by atoms with E-state index < -0.39 is 11.7 Å². The number of aliphatic imine (C=N–C) groups is 1. The fourth-order valence-electron chi connectivity index (χ4n) is 3.29. The number of nitrogens with zero attached hydrogens (tertiary/aromatic N) is 3. The number of pyridine rings is 1. The molecular weight excluding hydrogens is 413 g/mol. The molecule has 1 aromatic heterocycles. The maximum Gasteiger partial charge on any atom is 0.407 e. The van der Waals surface area contributed by atoms with Crippen LogP contribution >= 0.6 is 0 Å². The fraction of sp³-hybridized carbons (Fsp3) is 0.435. The zero-order chi connectivity index (χ0) is 23.1. The molecule has 0 saturated carbocycles. The number of nitrogens with one attached hydrogen (secondary N) is 2. The zero-order valence-corrected chi connectivity index (χ0v) is 18.9. The van der Waals surface area contributed by atoms with Crippen LogP contribution in [0.1, 0.15) is 32.8 Å². The van der Waals surface area contributed by atoms with Crippen LogP contribution in [0, 0.1) is 5.82 Å². The number of aromatic nitrogens is 1. The van der Waals surface area contributed by atoms with Crippen molar-refractivity contribution in [1.29, 1.82) is 0 Å². The summed E-state index contributed by atoms with van der Waals surface area (Å²) in [6, 6.07) is 9.55. The standard InChI is InChI=1S/C23H30FN5O3/c1-23(2,3)32-22(30)28-18-10-11-29(15-18)21(25-4)27-14-16-8-9-20(26-13-16)31-19-7-5-6-17(24)12-19/h5-9,12-13,18H,10-11,14-15H2,1-4H3,(H,25,27)(H,28,30). The van der Waals surface area contributed by atoms with Crippen LogP contribution in [0.3, 0.4) is 0 Å². The first kappa shape index (κ1) is 23.3. The molecule has 9 heteroatoms. The summed E-state index contributed by atoms with van der Waals surface area (Å²) in [5.74, 6) is 1.17. The number of halogens is 1. The first-order chi connectivity index (χ1) is 15.2. The van der Waals surface area contributed by atoms with E-state index in [1.807, 2.05) is 26.8 Å². The molecular formula is C23H30FN5O3. The van der Waals surface area contributed by atoms with E-state index in [1.165, 1.54) is 12.1 Å². The highest BCUT2D eigenvalue weighted by Crippen LogP contribution is 2.20. The summed E-state index contributed by atoms with van der Waals surface area (Å²) in [6.45, 7) is 7.48. The summed E-state index contributed by atoms with van der Waals surface area (Å²) < 4.78 is 24.2. The molecule has 1 aromatic carbocycles. The normalized spacial score (nSPS) is 16.6. The molecule has 172 valence electrons. The van der Waals surface area contributed by atoms with Crippen molar-refractivity contribution in [3.63, 3.8) is 0 Å². The van der Waals surface area contributed by atoms with Crippen LogP contribution in [-0.4, -0.2) is 53.7 Å². The summed E-state index contributed by atoms with van der Waals surface area (Å²) in [6.07, 6.45) is 2.11. The Hall–Kier alpha value is -3.36. The number of ether oxygens (including phenoxy) is 2. The lowest BCUT2D eigenvalue weighted by Crippen LogP contribution is -2.44. The number of hydrogen-bond acceptors (Lipinski definition) is 5. The van der Waals surface area contributed by atoms with E-state index in [1.54, 1.807) is 31.4 Å². The first-order valence-electron chi connectivity index (χ1n) is 10.6. The lowest BCUT2D eigenvalue weighted by molar-refractivity contribution is 0.0507. The van der Waals surface area contributed by atoms with Crippen LogP contribution < -0.4 is 15.4 Å². The van der Waals surface area contributed by atoms with Gasteiger partial charge in [0.2, 0.25) is 5.88 Å². The first-order valence-corrected chi connectivity index (χ1v) is 10.6. The van der Waals surface area contributed by atoms with E-state index in [0.717, 1.165) is 24.5 Å². The smallest absolute Gasteiger partial charge is 0.407 e. The Morgan fingerprint density at radius 2 is 2.12 bits per heavy atom. The minimum atomic E-state index is -0.522. The second kappa shape index (κ2) is 10.3. The average Bonchev–Trinajstić information content (AvgIpc) is 3.16. The number of rotatable bonds is 5. The van der Waals surface area contributed by atoms with Gasteiger partial charge in [0.15, 0.2) is 5.96 Å². The maximum absolute atomic E-state index is 13.3. The SMILES string of the molecule is CN=C(NCc1ccc(Oc2cccc(F)c2)nc1)N1CCC(NC(=O)OC(C)(C)C)C1.